The van der Waals surface area contributed by atoms with Gasteiger partial charge in [0.1, 0.15) is 12.9 Å². The second kappa shape index (κ2) is 12.7. The van der Waals surface area contributed by atoms with Gasteiger partial charge in [0.05, 0.1) is 31.5 Å². The summed E-state index contributed by atoms with van der Waals surface area (Å²) in [5, 5.41) is 0. The lowest BCUT2D eigenvalue weighted by molar-refractivity contribution is -0.180. The van der Waals surface area contributed by atoms with E-state index >= 15 is 0 Å². The molecule has 0 aromatic rings. The summed E-state index contributed by atoms with van der Waals surface area (Å²) in [6.45, 7) is 13.3. The number of rotatable bonds is 14. The third kappa shape index (κ3) is 10.3. The molecule has 0 radical (unpaired) electrons. The first-order chi connectivity index (χ1) is 14.4. The van der Waals surface area contributed by atoms with E-state index in [1.54, 1.807) is 7.11 Å². The molecule has 1 rings (SSSR count). The Hall–Kier alpha value is -1.26. The van der Waals surface area contributed by atoms with Crippen LogP contribution in [-0.4, -0.2) is 75.4 Å². The first-order valence-electron chi connectivity index (χ1n) is 10.7. The Labute approximate surface area is 186 Å². The number of carbonyl (C=O) groups excluding carboxylic acids is 2. The summed E-state index contributed by atoms with van der Waals surface area (Å²) in [6.07, 6.45) is -0.163. The molecule has 1 heterocycles. The Morgan fingerprint density at radius 2 is 1.65 bits per heavy atom. The second-order valence-corrected chi connectivity index (χ2v) is 8.88. The Kier molecular flexibility index (Phi) is 11.4. The van der Waals surface area contributed by atoms with Gasteiger partial charge in [-0.2, -0.15) is 0 Å². The van der Waals surface area contributed by atoms with Gasteiger partial charge >= 0.3 is 11.9 Å². The van der Waals surface area contributed by atoms with Gasteiger partial charge in [0, 0.05) is 21.0 Å². The van der Waals surface area contributed by atoms with E-state index < -0.39 is 35.5 Å². The number of carbonyl (C=O) groups is 2. The highest BCUT2D eigenvalue weighted by Gasteiger charge is 2.47. The second-order valence-electron chi connectivity index (χ2n) is 8.88. The molecule has 182 valence electrons. The predicted molar refractivity (Wildman–Crippen MR) is 112 cm³/mol. The quantitative estimate of drug-likeness (QED) is 0.226. The van der Waals surface area contributed by atoms with Crippen molar-refractivity contribution in [3.8, 4) is 0 Å². The zero-order valence-corrected chi connectivity index (χ0v) is 20.2. The van der Waals surface area contributed by atoms with E-state index in [0.717, 1.165) is 0 Å². The molecule has 9 heteroatoms. The molecular formula is C22H40O9. The standard InChI is InChI=1S/C22H40O9/c1-15(9-10-19-21(4,5)31-22(6,7)30-19)20(29-17(3)24)18(28-16(2)23)13-27-14-26-12-11-25-8/h15,18-20H,9-14H2,1-8H3/t15-,18?,19?,20?/m0/s1. The minimum Gasteiger partial charge on any atom is -0.458 e. The van der Waals surface area contributed by atoms with E-state index in [0.29, 0.717) is 26.1 Å². The van der Waals surface area contributed by atoms with Crippen LogP contribution in [0.3, 0.4) is 0 Å². The topological polar surface area (TPSA) is 98.8 Å². The fourth-order valence-corrected chi connectivity index (χ4v) is 3.78. The molecule has 0 aromatic heterocycles. The number of methoxy groups -OCH3 is 1. The maximum atomic E-state index is 11.8. The van der Waals surface area contributed by atoms with Crippen molar-refractivity contribution >= 4 is 11.9 Å². The van der Waals surface area contributed by atoms with Gasteiger partial charge in [-0.1, -0.05) is 6.92 Å². The molecule has 4 atom stereocenters. The monoisotopic (exact) mass is 448 g/mol. The van der Waals surface area contributed by atoms with Crippen molar-refractivity contribution in [2.45, 2.75) is 91.0 Å². The van der Waals surface area contributed by atoms with Crippen molar-refractivity contribution in [3.05, 3.63) is 0 Å². The fraction of sp³-hybridized carbons (Fsp3) is 0.909. The minimum absolute atomic E-state index is 0.0127. The van der Waals surface area contributed by atoms with Crippen LogP contribution in [0.1, 0.15) is 61.3 Å². The molecule has 3 unspecified atom stereocenters. The zero-order chi connectivity index (χ0) is 23.7. The minimum atomic E-state index is -0.757. The number of hydrogen-bond acceptors (Lipinski definition) is 9. The average molecular weight is 449 g/mol. The van der Waals surface area contributed by atoms with Crippen LogP contribution in [0, 0.1) is 5.92 Å². The van der Waals surface area contributed by atoms with Crippen molar-refractivity contribution in [3.63, 3.8) is 0 Å². The van der Waals surface area contributed by atoms with Gasteiger partial charge in [0.15, 0.2) is 11.9 Å². The van der Waals surface area contributed by atoms with Crippen molar-refractivity contribution in [2.24, 2.45) is 5.92 Å². The lowest BCUT2D eigenvalue weighted by Gasteiger charge is -2.32. The van der Waals surface area contributed by atoms with E-state index in [9.17, 15) is 9.59 Å². The summed E-state index contributed by atoms with van der Waals surface area (Å²) in [7, 11) is 1.58. The first-order valence-corrected chi connectivity index (χ1v) is 10.7. The molecule has 0 aromatic carbocycles. The summed E-state index contributed by atoms with van der Waals surface area (Å²) in [5.41, 5.74) is -0.432. The lowest BCUT2D eigenvalue weighted by Crippen LogP contribution is -2.43. The van der Waals surface area contributed by atoms with Crippen LogP contribution in [0.15, 0.2) is 0 Å². The molecular weight excluding hydrogens is 408 g/mol. The molecule has 0 bridgehead atoms. The summed E-state index contributed by atoms with van der Waals surface area (Å²) >= 11 is 0. The molecule has 0 saturated carbocycles. The van der Waals surface area contributed by atoms with Gasteiger partial charge in [-0.3, -0.25) is 9.59 Å². The van der Waals surface area contributed by atoms with Crippen LogP contribution in [0.5, 0.6) is 0 Å². The van der Waals surface area contributed by atoms with Crippen molar-refractivity contribution in [2.75, 3.05) is 33.7 Å². The van der Waals surface area contributed by atoms with Gasteiger partial charge in [-0.05, 0) is 46.5 Å². The van der Waals surface area contributed by atoms with Gasteiger partial charge < -0.3 is 33.2 Å². The Balaban J connectivity index is 2.75. The van der Waals surface area contributed by atoms with Crippen LogP contribution in [0.25, 0.3) is 0 Å². The molecule has 9 nitrogen and oxygen atoms in total. The van der Waals surface area contributed by atoms with Crippen molar-refractivity contribution in [1.82, 2.24) is 0 Å². The number of esters is 2. The van der Waals surface area contributed by atoms with Gasteiger partial charge in [0.2, 0.25) is 0 Å². The SMILES string of the molecule is COCCOCOCC(OC(C)=O)C(OC(C)=O)[C@@H](C)CCC1OC(C)(C)OC1(C)C. The third-order valence-corrected chi connectivity index (χ3v) is 5.02. The Bertz CT molecular complexity index is 561. The highest BCUT2D eigenvalue weighted by atomic mass is 16.8. The van der Waals surface area contributed by atoms with E-state index in [-0.39, 0.29) is 25.4 Å². The number of hydrogen-bond donors (Lipinski definition) is 0. The predicted octanol–water partition coefficient (Wildman–Crippen LogP) is 2.83. The molecule has 1 saturated heterocycles. The van der Waals surface area contributed by atoms with Crippen LogP contribution in [0.4, 0.5) is 0 Å². The molecule has 1 fully saturated rings. The molecule has 0 N–H and O–H groups in total. The van der Waals surface area contributed by atoms with Gasteiger partial charge in [-0.25, -0.2) is 0 Å². The molecule has 1 aliphatic heterocycles. The Morgan fingerprint density at radius 3 is 2.16 bits per heavy atom. The molecule has 31 heavy (non-hydrogen) atoms. The molecule has 0 aliphatic carbocycles. The Morgan fingerprint density at radius 1 is 1.00 bits per heavy atom. The average Bonchev–Trinajstić information content (AvgIpc) is 2.85. The smallest absolute Gasteiger partial charge is 0.303 e. The summed E-state index contributed by atoms with van der Waals surface area (Å²) in [4.78, 5) is 23.4. The lowest BCUT2D eigenvalue weighted by atomic mass is 9.89. The summed E-state index contributed by atoms with van der Waals surface area (Å²) in [6, 6.07) is 0. The highest BCUT2D eigenvalue weighted by molar-refractivity contribution is 5.67. The van der Waals surface area contributed by atoms with Crippen LogP contribution in [0.2, 0.25) is 0 Å². The van der Waals surface area contributed by atoms with Gasteiger partial charge in [-0.15, -0.1) is 0 Å². The summed E-state index contributed by atoms with van der Waals surface area (Å²) < 4.78 is 38.7. The van der Waals surface area contributed by atoms with E-state index in [2.05, 4.69) is 0 Å². The maximum Gasteiger partial charge on any atom is 0.303 e. The van der Waals surface area contributed by atoms with Gasteiger partial charge in [0.25, 0.3) is 0 Å². The molecule has 0 spiro atoms. The fourth-order valence-electron chi connectivity index (χ4n) is 3.78. The maximum absolute atomic E-state index is 11.8. The van der Waals surface area contributed by atoms with Crippen LogP contribution < -0.4 is 0 Å². The van der Waals surface area contributed by atoms with Crippen molar-refractivity contribution in [1.29, 1.82) is 0 Å². The van der Waals surface area contributed by atoms with E-state index in [1.807, 2.05) is 34.6 Å². The molecule has 1 aliphatic rings. The molecule has 0 amide bonds. The summed E-state index contributed by atoms with van der Waals surface area (Å²) in [5.74, 6) is -1.70. The zero-order valence-electron chi connectivity index (χ0n) is 20.2. The largest absolute Gasteiger partial charge is 0.458 e. The first kappa shape index (κ1) is 27.8. The van der Waals surface area contributed by atoms with Crippen LogP contribution >= 0.6 is 0 Å². The van der Waals surface area contributed by atoms with E-state index in [4.69, 9.17) is 33.2 Å². The normalized spacial score (nSPS) is 22.5. The highest BCUT2D eigenvalue weighted by Crippen LogP contribution is 2.39. The number of ether oxygens (including phenoxy) is 7. The van der Waals surface area contributed by atoms with Crippen molar-refractivity contribution < 1.29 is 42.7 Å². The van der Waals surface area contributed by atoms with E-state index in [1.165, 1.54) is 13.8 Å². The third-order valence-electron chi connectivity index (χ3n) is 5.02. The van der Waals surface area contributed by atoms with Crippen LogP contribution in [-0.2, 0) is 42.7 Å².